The molecule has 0 saturated heterocycles. The maximum Gasteiger partial charge on any atom is 0.253 e. The number of carbonyl (C=O) groups excluding carboxylic acids is 1. The van der Waals surface area contributed by atoms with E-state index in [1.54, 1.807) is 30.3 Å². The van der Waals surface area contributed by atoms with Crippen molar-refractivity contribution in [2.24, 2.45) is 5.84 Å². The molecular formula is C16H18FN3O. The lowest BCUT2D eigenvalue weighted by Gasteiger charge is -2.10. The van der Waals surface area contributed by atoms with Crippen LogP contribution in [0.3, 0.4) is 0 Å². The van der Waals surface area contributed by atoms with Gasteiger partial charge in [-0.3, -0.25) is 10.6 Å². The van der Waals surface area contributed by atoms with Crippen molar-refractivity contribution in [3.05, 3.63) is 65.0 Å². The van der Waals surface area contributed by atoms with Crippen molar-refractivity contribution < 1.29 is 9.18 Å². The van der Waals surface area contributed by atoms with E-state index in [1.165, 1.54) is 12.1 Å². The summed E-state index contributed by atoms with van der Waals surface area (Å²) in [5.41, 5.74) is 5.47. The Morgan fingerprint density at radius 2 is 2.00 bits per heavy atom. The first-order valence-electron chi connectivity index (χ1n) is 6.70. The highest BCUT2D eigenvalue weighted by Gasteiger charge is 2.09. The number of nitrogens with two attached hydrogens (primary N) is 1. The maximum atomic E-state index is 13.0. The number of amides is 1. The summed E-state index contributed by atoms with van der Waals surface area (Å²) in [7, 11) is 0. The summed E-state index contributed by atoms with van der Waals surface area (Å²) in [5, 5.41) is 2.84. The summed E-state index contributed by atoms with van der Waals surface area (Å²) in [5.74, 6) is 4.94. The number of hydrogen-bond acceptors (Lipinski definition) is 3. The molecule has 21 heavy (non-hydrogen) atoms. The number of nitrogens with one attached hydrogen (secondary N) is 2. The molecule has 0 heterocycles. The molecule has 0 spiro atoms. The highest BCUT2D eigenvalue weighted by Crippen LogP contribution is 2.13. The Morgan fingerprint density at radius 1 is 1.24 bits per heavy atom. The fourth-order valence-corrected chi connectivity index (χ4v) is 2.15. The number of anilines is 1. The predicted octanol–water partition coefficient (Wildman–Crippen LogP) is 2.39. The molecule has 0 fully saturated rings. The van der Waals surface area contributed by atoms with Gasteiger partial charge in [0, 0.05) is 6.54 Å². The van der Waals surface area contributed by atoms with E-state index in [-0.39, 0.29) is 11.7 Å². The SMILES string of the molecule is Cc1cc(F)ccc1CCNC(=O)c1ccccc1NN. The fraction of sp³-hybridized carbons (Fsp3) is 0.188. The number of carbonyl (C=O) groups is 1. The van der Waals surface area contributed by atoms with Crippen LogP contribution in [0.4, 0.5) is 10.1 Å². The number of hydrogen-bond donors (Lipinski definition) is 3. The zero-order chi connectivity index (χ0) is 15.2. The van der Waals surface area contributed by atoms with Crippen LogP contribution in [0.15, 0.2) is 42.5 Å². The van der Waals surface area contributed by atoms with E-state index >= 15 is 0 Å². The van der Waals surface area contributed by atoms with Gasteiger partial charge in [-0.2, -0.15) is 0 Å². The van der Waals surface area contributed by atoms with Gasteiger partial charge in [0.1, 0.15) is 5.82 Å². The average Bonchev–Trinajstić information content (AvgIpc) is 2.49. The van der Waals surface area contributed by atoms with Crippen molar-refractivity contribution in [3.63, 3.8) is 0 Å². The molecular weight excluding hydrogens is 269 g/mol. The van der Waals surface area contributed by atoms with E-state index in [0.29, 0.717) is 24.2 Å². The first-order valence-corrected chi connectivity index (χ1v) is 6.70. The van der Waals surface area contributed by atoms with Gasteiger partial charge in [-0.25, -0.2) is 4.39 Å². The monoisotopic (exact) mass is 287 g/mol. The molecule has 0 atom stereocenters. The summed E-state index contributed by atoms with van der Waals surface area (Å²) in [6.45, 7) is 2.33. The van der Waals surface area contributed by atoms with Crippen LogP contribution in [-0.2, 0) is 6.42 Å². The normalized spacial score (nSPS) is 10.2. The van der Waals surface area contributed by atoms with Crippen molar-refractivity contribution in [3.8, 4) is 0 Å². The van der Waals surface area contributed by atoms with Crippen molar-refractivity contribution in [1.82, 2.24) is 5.32 Å². The standard InChI is InChI=1S/C16H18FN3O/c1-11-10-13(17)7-6-12(11)8-9-19-16(21)14-4-2-3-5-15(14)20-18/h2-7,10,20H,8-9,18H2,1H3,(H,19,21). The molecule has 0 saturated carbocycles. The Morgan fingerprint density at radius 3 is 2.71 bits per heavy atom. The van der Waals surface area contributed by atoms with Crippen molar-refractivity contribution >= 4 is 11.6 Å². The Bertz CT molecular complexity index is 643. The molecule has 110 valence electrons. The summed E-state index contributed by atoms with van der Waals surface area (Å²) in [4.78, 5) is 12.1. The average molecular weight is 287 g/mol. The molecule has 4 N–H and O–H groups in total. The lowest BCUT2D eigenvalue weighted by atomic mass is 10.1. The lowest BCUT2D eigenvalue weighted by molar-refractivity contribution is 0.0955. The third-order valence-corrected chi connectivity index (χ3v) is 3.31. The fourth-order valence-electron chi connectivity index (χ4n) is 2.15. The van der Waals surface area contributed by atoms with Gasteiger partial charge in [-0.05, 0) is 48.7 Å². The lowest BCUT2D eigenvalue weighted by Crippen LogP contribution is -2.27. The highest BCUT2D eigenvalue weighted by atomic mass is 19.1. The number of rotatable bonds is 5. The van der Waals surface area contributed by atoms with Crippen LogP contribution in [0.5, 0.6) is 0 Å². The van der Waals surface area contributed by atoms with E-state index in [9.17, 15) is 9.18 Å². The maximum absolute atomic E-state index is 13.0. The molecule has 0 bridgehead atoms. The second kappa shape index (κ2) is 6.85. The number of aryl methyl sites for hydroxylation is 1. The van der Waals surface area contributed by atoms with E-state index in [2.05, 4.69) is 10.7 Å². The zero-order valence-electron chi connectivity index (χ0n) is 11.8. The molecule has 4 nitrogen and oxygen atoms in total. The summed E-state index contributed by atoms with van der Waals surface area (Å²) >= 11 is 0. The van der Waals surface area contributed by atoms with Gasteiger partial charge in [0.05, 0.1) is 11.3 Å². The minimum Gasteiger partial charge on any atom is -0.352 e. The van der Waals surface area contributed by atoms with E-state index < -0.39 is 0 Å². The van der Waals surface area contributed by atoms with Gasteiger partial charge in [-0.1, -0.05) is 18.2 Å². The van der Waals surface area contributed by atoms with Gasteiger partial charge >= 0.3 is 0 Å². The van der Waals surface area contributed by atoms with Crippen molar-refractivity contribution in [1.29, 1.82) is 0 Å². The number of halogens is 1. The smallest absolute Gasteiger partial charge is 0.253 e. The van der Waals surface area contributed by atoms with Gasteiger partial charge in [-0.15, -0.1) is 0 Å². The second-order valence-corrected chi connectivity index (χ2v) is 4.77. The van der Waals surface area contributed by atoms with Crippen molar-refractivity contribution in [2.75, 3.05) is 12.0 Å². The third kappa shape index (κ3) is 3.79. The van der Waals surface area contributed by atoms with Crippen LogP contribution in [0.2, 0.25) is 0 Å². The first-order chi connectivity index (χ1) is 10.1. The van der Waals surface area contributed by atoms with E-state index in [4.69, 9.17) is 5.84 Å². The molecule has 2 rings (SSSR count). The van der Waals surface area contributed by atoms with Gasteiger partial charge in [0.25, 0.3) is 5.91 Å². The Labute approximate surface area is 123 Å². The van der Waals surface area contributed by atoms with E-state index in [1.807, 2.05) is 6.92 Å². The molecule has 0 unspecified atom stereocenters. The summed E-state index contributed by atoms with van der Waals surface area (Å²) < 4.78 is 13.0. The van der Waals surface area contributed by atoms with Gasteiger partial charge in [0.2, 0.25) is 0 Å². The quantitative estimate of drug-likeness (QED) is 0.584. The number of benzene rings is 2. The molecule has 1 amide bonds. The molecule has 0 radical (unpaired) electrons. The summed E-state index contributed by atoms with van der Waals surface area (Å²) in [6, 6.07) is 11.7. The number of nitrogen functional groups attached to an aromatic ring is 1. The molecule has 2 aromatic carbocycles. The Balaban J connectivity index is 1.95. The summed E-state index contributed by atoms with van der Waals surface area (Å²) in [6.07, 6.45) is 0.649. The molecule has 0 aliphatic heterocycles. The van der Waals surface area contributed by atoms with Crippen molar-refractivity contribution in [2.45, 2.75) is 13.3 Å². The van der Waals surface area contributed by atoms with Crippen LogP contribution in [0.25, 0.3) is 0 Å². The molecule has 0 aromatic heterocycles. The first kappa shape index (κ1) is 15.0. The van der Waals surface area contributed by atoms with Crippen LogP contribution in [0, 0.1) is 12.7 Å². The number of para-hydroxylation sites is 1. The topological polar surface area (TPSA) is 67.2 Å². The predicted molar refractivity (Wildman–Crippen MR) is 81.4 cm³/mol. The second-order valence-electron chi connectivity index (χ2n) is 4.77. The van der Waals surface area contributed by atoms with Crippen LogP contribution >= 0.6 is 0 Å². The van der Waals surface area contributed by atoms with E-state index in [0.717, 1.165) is 11.1 Å². The van der Waals surface area contributed by atoms with Crippen LogP contribution < -0.4 is 16.6 Å². The molecule has 0 aliphatic rings. The minimum atomic E-state index is -0.247. The Hall–Kier alpha value is -2.40. The molecule has 0 aliphatic carbocycles. The number of hydrazine groups is 1. The third-order valence-electron chi connectivity index (χ3n) is 3.31. The van der Waals surface area contributed by atoms with Gasteiger partial charge in [0.15, 0.2) is 0 Å². The Kier molecular flexibility index (Phi) is 4.90. The van der Waals surface area contributed by atoms with Crippen LogP contribution in [0.1, 0.15) is 21.5 Å². The minimum absolute atomic E-state index is 0.191. The largest absolute Gasteiger partial charge is 0.352 e. The molecule has 2 aromatic rings. The van der Waals surface area contributed by atoms with Crippen LogP contribution in [-0.4, -0.2) is 12.5 Å². The highest BCUT2D eigenvalue weighted by molar-refractivity contribution is 5.99. The van der Waals surface area contributed by atoms with Gasteiger partial charge < -0.3 is 10.7 Å². The molecule has 5 heteroatoms. The zero-order valence-corrected chi connectivity index (χ0v) is 11.8.